The van der Waals surface area contributed by atoms with Crippen molar-refractivity contribution in [3.05, 3.63) is 0 Å². The van der Waals surface area contributed by atoms with Gasteiger partial charge in [-0.15, -0.1) is 0 Å². The van der Waals surface area contributed by atoms with Crippen LogP contribution in [0.1, 0.15) is 274 Å². The third kappa shape index (κ3) is 30.1. The number of hydrogen-bond acceptors (Lipinski definition) is 6. The Morgan fingerprint density at radius 2 is 0.418 bits per heavy atom. The molecule has 0 aliphatic rings. The molecule has 0 aromatic carbocycles. The van der Waals surface area contributed by atoms with Crippen LogP contribution in [0.25, 0.3) is 0 Å². The van der Waals surface area contributed by atoms with E-state index < -0.39 is 34.2 Å². The number of carboxylic acids is 3. The molecule has 326 valence electrons. The largest absolute Gasteiger partial charge is 3.00 e. The van der Waals surface area contributed by atoms with Gasteiger partial charge in [-0.2, -0.15) is 0 Å². The summed E-state index contributed by atoms with van der Waals surface area (Å²) in [7, 11) is 0. The summed E-state index contributed by atoms with van der Waals surface area (Å²) >= 11 is 0. The van der Waals surface area contributed by atoms with Crippen LogP contribution in [-0.4, -0.2) is 44.1 Å². The monoisotopic (exact) mass is 975 g/mol. The van der Waals surface area contributed by atoms with Crippen molar-refractivity contribution in [3.8, 4) is 0 Å². The fourth-order valence-corrected chi connectivity index (χ4v) is 7.81. The molecule has 0 aromatic rings. The molecule has 0 bridgehead atoms. The topological polar surface area (TPSA) is 120 Å². The Balaban J connectivity index is -0.000000351. The smallest absolute Gasteiger partial charge is 0.550 e. The van der Waals surface area contributed by atoms with Crippen molar-refractivity contribution >= 4 is 44.1 Å². The molecular formula is C48H93BiO6. The molecule has 55 heavy (non-hydrogen) atoms. The van der Waals surface area contributed by atoms with E-state index in [1.54, 1.807) is 0 Å². The summed E-state index contributed by atoms with van der Waals surface area (Å²) in [5, 5.41) is 34.8. The molecule has 0 fully saturated rings. The molecular weight excluding hydrogens is 882 g/mol. The number of aliphatic carboxylic acids is 3. The molecule has 0 atom stereocenters. The van der Waals surface area contributed by atoms with Gasteiger partial charge >= 0.3 is 26.2 Å². The standard InChI is InChI=1S/3C16H32O2.Bi/c3*1-4-7-10-11-14-16(15(17)18,12-8-5-2)13-9-6-3;/h3*4-14H2,1-3H3,(H,17,18);/q;;;+3/p-3. The van der Waals surface area contributed by atoms with Gasteiger partial charge in [-0.1, -0.05) is 216 Å². The molecule has 0 saturated carbocycles. The number of carbonyl (C=O) groups excluding carboxylic acids is 3. The van der Waals surface area contributed by atoms with Crippen LogP contribution >= 0.6 is 0 Å². The van der Waals surface area contributed by atoms with Crippen molar-refractivity contribution in [2.75, 3.05) is 0 Å². The zero-order chi connectivity index (χ0) is 41.6. The molecule has 0 aromatic heterocycles. The average Bonchev–Trinajstić information content (AvgIpc) is 3.16. The SMILES string of the molecule is CCCCCCC(CCCC)(CCCC)C(=O)[O-].CCCCCCC(CCCC)(CCCC)C(=O)[O-].CCCCCCC(CCCC)(CCCC)C(=O)[O-].[Bi+3]. The number of carbonyl (C=O) groups is 3. The van der Waals surface area contributed by atoms with E-state index in [1.165, 1.54) is 38.5 Å². The van der Waals surface area contributed by atoms with Crippen LogP contribution < -0.4 is 15.3 Å². The molecule has 0 spiro atoms. The van der Waals surface area contributed by atoms with Crippen LogP contribution in [0.3, 0.4) is 0 Å². The van der Waals surface area contributed by atoms with Gasteiger partial charge in [0.1, 0.15) is 0 Å². The van der Waals surface area contributed by atoms with Crippen LogP contribution in [0.5, 0.6) is 0 Å². The van der Waals surface area contributed by atoms with E-state index in [2.05, 4.69) is 62.3 Å². The van der Waals surface area contributed by atoms with Crippen LogP contribution in [-0.2, 0) is 14.4 Å². The number of hydrogen-bond donors (Lipinski definition) is 0. The summed E-state index contributed by atoms with van der Waals surface area (Å²) in [4.78, 5) is 34.8. The predicted molar refractivity (Wildman–Crippen MR) is 232 cm³/mol. The molecule has 0 amide bonds. The van der Waals surface area contributed by atoms with E-state index >= 15 is 0 Å². The maximum atomic E-state index is 11.6. The predicted octanol–water partition coefficient (Wildman–Crippen LogP) is 11.8. The molecule has 0 unspecified atom stereocenters. The third-order valence-electron chi connectivity index (χ3n) is 11.9. The van der Waals surface area contributed by atoms with E-state index in [0.29, 0.717) is 0 Å². The first kappa shape index (κ1) is 61.0. The first-order valence-corrected chi connectivity index (χ1v) is 23.5. The van der Waals surface area contributed by atoms with E-state index in [9.17, 15) is 29.7 Å². The van der Waals surface area contributed by atoms with Gasteiger partial charge in [-0.25, -0.2) is 0 Å². The number of carboxylic acid groups (broad SMARTS) is 3. The molecule has 0 N–H and O–H groups in total. The second-order valence-corrected chi connectivity index (χ2v) is 16.8. The quantitative estimate of drug-likeness (QED) is 0.0455. The maximum absolute atomic E-state index is 11.6. The second kappa shape index (κ2) is 41.5. The van der Waals surface area contributed by atoms with Gasteiger partial charge in [0.15, 0.2) is 0 Å². The fourth-order valence-electron chi connectivity index (χ4n) is 7.81. The molecule has 0 saturated heterocycles. The van der Waals surface area contributed by atoms with Crippen molar-refractivity contribution in [1.29, 1.82) is 0 Å². The van der Waals surface area contributed by atoms with Gasteiger partial charge in [0, 0.05) is 34.2 Å². The summed E-state index contributed by atoms with van der Waals surface area (Å²) < 4.78 is 0. The molecule has 0 rings (SSSR count). The normalized spacial score (nSPS) is 11.5. The van der Waals surface area contributed by atoms with Crippen LogP contribution in [0, 0.1) is 16.2 Å². The summed E-state index contributed by atoms with van der Waals surface area (Å²) in [6.45, 7) is 19.3. The van der Waals surface area contributed by atoms with E-state index in [0.717, 1.165) is 173 Å². The van der Waals surface area contributed by atoms with Gasteiger partial charge in [0.2, 0.25) is 0 Å². The van der Waals surface area contributed by atoms with Crippen LogP contribution in [0.15, 0.2) is 0 Å². The average molecular weight is 975 g/mol. The Morgan fingerprint density at radius 1 is 0.273 bits per heavy atom. The second-order valence-electron chi connectivity index (χ2n) is 16.8. The number of unbranched alkanes of at least 4 members (excludes halogenated alkanes) is 15. The van der Waals surface area contributed by atoms with Gasteiger partial charge in [-0.3, -0.25) is 0 Å². The zero-order valence-corrected chi connectivity index (χ0v) is 41.7. The molecule has 7 heteroatoms. The van der Waals surface area contributed by atoms with Gasteiger partial charge in [0.05, 0.1) is 0 Å². The minimum atomic E-state index is -0.805. The van der Waals surface area contributed by atoms with Gasteiger partial charge in [-0.05, 0) is 57.8 Å². The number of rotatable bonds is 36. The zero-order valence-electron chi connectivity index (χ0n) is 38.2. The van der Waals surface area contributed by atoms with Crippen LogP contribution in [0.2, 0.25) is 0 Å². The fraction of sp³-hybridized carbons (Fsp3) is 0.938. The van der Waals surface area contributed by atoms with Crippen molar-refractivity contribution in [2.24, 2.45) is 16.2 Å². The van der Waals surface area contributed by atoms with Gasteiger partial charge in [0.25, 0.3) is 0 Å². The Morgan fingerprint density at radius 3 is 0.545 bits per heavy atom. The van der Waals surface area contributed by atoms with Gasteiger partial charge < -0.3 is 29.7 Å². The van der Waals surface area contributed by atoms with E-state index in [-0.39, 0.29) is 26.2 Å². The first-order valence-electron chi connectivity index (χ1n) is 23.5. The molecule has 0 aliphatic heterocycles. The van der Waals surface area contributed by atoms with Crippen molar-refractivity contribution < 1.29 is 29.7 Å². The van der Waals surface area contributed by atoms with Crippen molar-refractivity contribution in [3.63, 3.8) is 0 Å². The third-order valence-corrected chi connectivity index (χ3v) is 11.9. The Hall–Kier alpha value is -0.707. The van der Waals surface area contributed by atoms with Crippen molar-refractivity contribution in [1.82, 2.24) is 0 Å². The minimum Gasteiger partial charge on any atom is -0.550 e. The minimum absolute atomic E-state index is 0. The van der Waals surface area contributed by atoms with E-state index in [1.807, 2.05) is 0 Å². The summed E-state index contributed by atoms with van der Waals surface area (Å²) in [6.07, 6.45) is 33.5. The molecule has 6 nitrogen and oxygen atoms in total. The maximum Gasteiger partial charge on any atom is 3.00 e. The van der Waals surface area contributed by atoms with Crippen LogP contribution in [0.4, 0.5) is 0 Å². The Bertz CT molecular complexity index is 726. The molecule has 0 heterocycles. The summed E-state index contributed by atoms with van der Waals surface area (Å²) in [5.74, 6) is -2.41. The Labute approximate surface area is 362 Å². The van der Waals surface area contributed by atoms with E-state index in [4.69, 9.17) is 0 Å². The molecule has 0 aliphatic carbocycles. The first-order chi connectivity index (χ1) is 25.9. The molecule has 2 radical (unpaired) electrons. The van der Waals surface area contributed by atoms with Crippen molar-refractivity contribution in [2.45, 2.75) is 274 Å². The Kier molecular flexibility index (Phi) is 45.9. The summed E-state index contributed by atoms with van der Waals surface area (Å²) in [6, 6.07) is 0. The summed E-state index contributed by atoms with van der Waals surface area (Å²) in [5.41, 5.74) is -1.63.